The third-order valence-electron chi connectivity index (χ3n) is 4.03. The monoisotopic (exact) mass is 327 g/mol. The van der Waals surface area contributed by atoms with E-state index in [4.69, 9.17) is 0 Å². The van der Waals surface area contributed by atoms with E-state index in [1.165, 1.54) is 32.1 Å². The van der Waals surface area contributed by atoms with Crippen molar-refractivity contribution in [3.05, 3.63) is 34.1 Å². The third kappa shape index (κ3) is 4.03. The normalized spacial score (nSPS) is 18.5. The van der Waals surface area contributed by atoms with E-state index in [9.17, 15) is 4.39 Å². The van der Waals surface area contributed by atoms with Gasteiger partial charge in [0.2, 0.25) is 0 Å². The van der Waals surface area contributed by atoms with Crippen LogP contribution in [0.2, 0.25) is 0 Å². The Bertz CT molecular complexity index is 402. The molecule has 1 N–H and O–H groups in total. The Kier molecular flexibility index (Phi) is 5.83. The zero-order valence-corrected chi connectivity index (χ0v) is 13.2. The Hall–Kier alpha value is -0.410. The molecule has 1 fully saturated rings. The second-order valence-corrected chi connectivity index (χ2v) is 6.41. The lowest BCUT2D eigenvalue weighted by Gasteiger charge is -2.31. The fraction of sp³-hybridized carbons (Fsp3) is 0.625. The molecule has 3 heteroatoms. The molecule has 0 radical (unpaired) electrons. The molecule has 1 aliphatic carbocycles. The first-order valence-electron chi connectivity index (χ1n) is 7.40. The first-order chi connectivity index (χ1) is 9.22. The molecular formula is C16H23BrFN. The van der Waals surface area contributed by atoms with Crippen LogP contribution in [-0.2, 0) is 0 Å². The minimum absolute atomic E-state index is 0.0811. The van der Waals surface area contributed by atoms with Gasteiger partial charge in [-0.15, -0.1) is 0 Å². The van der Waals surface area contributed by atoms with E-state index in [1.807, 2.05) is 6.07 Å². The zero-order valence-electron chi connectivity index (χ0n) is 11.6. The van der Waals surface area contributed by atoms with Crippen molar-refractivity contribution in [2.24, 2.45) is 5.92 Å². The van der Waals surface area contributed by atoms with Crippen LogP contribution in [0.15, 0.2) is 22.7 Å². The first kappa shape index (κ1) is 15.0. The van der Waals surface area contributed by atoms with Gasteiger partial charge in [-0.3, -0.25) is 0 Å². The van der Waals surface area contributed by atoms with E-state index in [1.54, 1.807) is 12.1 Å². The SMILES string of the molecule is CCCNC(c1cc(Br)ccc1F)C1CCCCC1. The van der Waals surface area contributed by atoms with Crippen molar-refractivity contribution in [2.45, 2.75) is 51.5 Å². The third-order valence-corrected chi connectivity index (χ3v) is 4.52. The maximum Gasteiger partial charge on any atom is 0.128 e. The van der Waals surface area contributed by atoms with Crippen molar-refractivity contribution in [3.63, 3.8) is 0 Å². The minimum atomic E-state index is -0.0811. The molecule has 0 aromatic heterocycles. The molecule has 19 heavy (non-hydrogen) atoms. The summed E-state index contributed by atoms with van der Waals surface area (Å²) in [6.45, 7) is 3.11. The van der Waals surface area contributed by atoms with Gasteiger partial charge in [0.05, 0.1) is 0 Å². The molecule has 0 aliphatic heterocycles. The van der Waals surface area contributed by atoms with E-state index in [0.29, 0.717) is 5.92 Å². The molecule has 0 amide bonds. The molecule has 1 aromatic rings. The molecule has 0 bridgehead atoms. The van der Waals surface area contributed by atoms with Crippen molar-refractivity contribution in [1.82, 2.24) is 5.32 Å². The Morgan fingerprint density at radius 1 is 1.32 bits per heavy atom. The highest BCUT2D eigenvalue weighted by Gasteiger charge is 2.26. The second kappa shape index (κ2) is 7.39. The van der Waals surface area contributed by atoms with Crippen molar-refractivity contribution in [3.8, 4) is 0 Å². The maximum atomic E-state index is 14.1. The molecule has 1 atom stereocenters. The van der Waals surface area contributed by atoms with Crippen LogP contribution in [-0.4, -0.2) is 6.54 Å². The van der Waals surface area contributed by atoms with Crippen molar-refractivity contribution >= 4 is 15.9 Å². The number of nitrogens with one attached hydrogen (secondary N) is 1. The maximum absolute atomic E-state index is 14.1. The van der Waals surface area contributed by atoms with Gasteiger partial charge < -0.3 is 5.32 Å². The lowest BCUT2D eigenvalue weighted by atomic mass is 9.81. The summed E-state index contributed by atoms with van der Waals surface area (Å²) in [7, 11) is 0. The second-order valence-electron chi connectivity index (χ2n) is 5.50. The highest BCUT2D eigenvalue weighted by molar-refractivity contribution is 9.10. The van der Waals surface area contributed by atoms with Crippen LogP contribution in [0.25, 0.3) is 0 Å². The lowest BCUT2D eigenvalue weighted by Crippen LogP contribution is -2.31. The molecule has 1 aliphatic rings. The number of hydrogen-bond donors (Lipinski definition) is 1. The van der Waals surface area contributed by atoms with E-state index >= 15 is 0 Å². The number of rotatable bonds is 5. The van der Waals surface area contributed by atoms with Crippen molar-refractivity contribution in [1.29, 1.82) is 0 Å². The Morgan fingerprint density at radius 2 is 2.05 bits per heavy atom. The Balaban J connectivity index is 2.22. The molecule has 2 rings (SSSR count). The van der Waals surface area contributed by atoms with Crippen molar-refractivity contribution < 1.29 is 4.39 Å². The summed E-state index contributed by atoms with van der Waals surface area (Å²) >= 11 is 3.46. The Labute approximate surface area is 124 Å². The van der Waals surface area contributed by atoms with E-state index in [0.717, 1.165) is 23.0 Å². The molecule has 1 nitrogen and oxygen atoms in total. The summed E-state index contributed by atoms with van der Waals surface area (Å²) in [5, 5.41) is 3.56. The average molecular weight is 328 g/mol. The number of hydrogen-bond acceptors (Lipinski definition) is 1. The summed E-state index contributed by atoms with van der Waals surface area (Å²) in [6, 6.07) is 5.45. The van der Waals surface area contributed by atoms with Crippen LogP contribution in [0.1, 0.15) is 57.1 Å². The predicted octanol–water partition coefficient (Wildman–Crippen LogP) is 5.21. The van der Waals surface area contributed by atoms with E-state index < -0.39 is 0 Å². The average Bonchev–Trinajstić information content (AvgIpc) is 2.44. The van der Waals surface area contributed by atoms with Gasteiger partial charge in [-0.1, -0.05) is 42.1 Å². The predicted molar refractivity (Wildman–Crippen MR) is 81.7 cm³/mol. The molecular weight excluding hydrogens is 305 g/mol. The van der Waals surface area contributed by atoms with Crippen LogP contribution in [0, 0.1) is 11.7 Å². The van der Waals surface area contributed by atoms with Gasteiger partial charge in [-0.2, -0.15) is 0 Å². The van der Waals surface area contributed by atoms with Gasteiger partial charge in [0.1, 0.15) is 5.82 Å². The van der Waals surface area contributed by atoms with Gasteiger partial charge in [-0.05, 0) is 49.9 Å². The van der Waals surface area contributed by atoms with Crippen LogP contribution in [0.5, 0.6) is 0 Å². The molecule has 1 aromatic carbocycles. The highest BCUT2D eigenvalue weighted by atomic mass is 79.9. The summed E-state index contributed by atoms with van der Waals surface area (Å²) in [6.07, 6.45) is 7.41. The molecule has 0 heterocycles. The van der Waals surface area contributed by atoms with Gasteiger partial charge in [0, 0.05) is 16.1 Å². The topological polar surface area (TPSA) is 12.0 Å². The van der Waals surface area contributed by atoms with Crippen molar-refractivity contribution in [2.75, 3.05) is 6.54 Å². The highest BCUT2D eigenvalue weighted by Crippen LogP contribution is 2.36. The van der Waals surface area contributed by atoms with E-state index in [-0.39, 0.29) is 11.9 Å². The standard InChI is InChI=1S/C16H23BrFN/c1-2-10-19-16(12-6-4-3-5-7-12)14-11-13(17)8-9-15(14)18/h8-9,11-12,16,19H,2-7,10H2,1H3. The summed E-state index contributed by atoms with van der Waals surface area (Å²) < 4.78 is 15.1. The van der Waals surface area contributed by atoms with Gasteiger partial charge in [0.15, 0.2) is 0 Å². The van der Waals surface area contributed by atoms with Crippen LogP contribution >= 0.6 is 15.9 Å². The van der Waals surface area contributed by atoms with Gasteiger partial charge in [-0.25, -0.2) is 4.39 Å². The Morgan fingerprint density at radius 3 is 2.74 bits per heavy atom. The summed E-state index contributed by atoms with van der Waals surface area (Å²) in [5.41, 5.74) is 0.828. The van der Waals surface area contributed by atoms with Gasteiger partial charge in [0.25, 0.3) is 0 Å². The first-order valence-corrected chi connectivity index (χ1v) is 8.20. The number of halogens is 2. The van der Waals surface area contributed by atoms with Crippen LogP contribution < -0.4 is 5.32 Å². The summed E-state index contributed by atoms with van der Waals surface area (Å²) in [4.78, 5) is 0. The largest absolute Gasteiger partial charge is 0.310 e. The number of benzene rings is 1. The quantitative estimate of drug-likeness (QED) is 0.782. The smallest absolute Gasteiger partial charge is 0.128 e. The van der Waals surface area contributed by atoms with Gasteiger partial charge >= 0.3 is 0 Å². The minimum Gasteiger partial charge on any atom is -0.310 e. The van der Waals surface area contributed by atoms with Crippen LogP contribution in [0.3, 0.4) is 0 Å². The van der Waals surface area contributed by atoms with E-state index in [2.05, 4.69) is 28.2 Å². The molecule has 0 saturated heterocycles. The molecule has 1 saturated carbocycles. The fourth-order valence-corrected chi connectivity index (χ4v) is 3.43. The lowest BCUT2D eigenvalue weighted by molar-refractivity contribution is 0.267. The molecule has 0 spiro atoms. The molecule has 106 valence electrons. The molecule has 1 unspecified atom stereocenters. The zero-order chi connectivity index (χ0) is 13.7. The summed E-state index contributed by atoms with van der Waals surface area (Å²) in [5.74, 6) is 0.492. The van der Waals surface area contributed by atoms with Crippen LogP contribution in [0.4, 0.5) is 4.39 Å². The fourth-order valence-electron chi connectivity index (χ4n) is 3.05.